The Hall–Kier alpha value is -2.64. The van der Waals surface area contributed by atoms with E-state index in [1.54, 1.807) is 12.0 Å². The number of hydrogen-bond donors (Lipinski definition) is 1. The van der Waals surface area contributed by atoms with E-state index in [9.17, 15) is 9.90 Å². The number of amides is 1. The lowest BCUT2D eigenvalue weighted by Gasteiger charge is -2.37. The largest absolute Gasteiger partial charge is 0.497 e. The van der Waals surface area contributed by atoms with Crippen molar-refractivity contribution >= 4 is 16.8 Å². The molecular formula is C25H32N2O5. The Kier molecular flexibility index (Phi) is 6.67. The fourth-order valence-electron chi connectivity index (χ4n) is 5.00. The van der Waals surface area contributed by atoms with Crippen molar-refractivity contribution in [2.24, 2.45) is 11.8 Å². The summed E-state index contributed by atoms with van der Waals surface area (Å²) >= 11 is 0. The molecule has 0 saturated heterocycles. The number of fused-ring (bicyclic) bond motifs is 2. The molecule has 0 bridgehead atoms. The lowest BCUT2D eigenvalue weighted by molar-refractivity contribution is -0.164. The highest BCUT2D eigenvalue weighted by Crippen LogP contribution is 2.37. The zero-order valence-electron chi connectivity index (χ0n) is 19.3. The molecule has 0 saturated carbocycles. The first-order chi connectivity index (χ1) is 15.6. The topological polar surface area (TPSA) is 81.1 Å². The molecule has 0 aliphatic carbocycles. The number of carbonyl (C=O) groups excluding carboxylic acids is 1. The van der Waals surface area contributed by atoms with Gasteiger partial charge in [-0.2, -0.15) is 0 Å². The van der Waals surface area contributed by atoms with Gasteiger partial charge in [0.1, 0.15) is 5.75 Å². The molecule has 7 heteroatoms. The van der Waals surface area contributed by atoms with Crippen LogP contribution in [-0.2, 0) is 33.8 Å². The van der Waals surface area contributed by atoms with Gasteiger partial charge < -0.3 is 24.2 Å². The Morgan fingerprint density at radius 2 is 2.09 bits per heavy atom. The number of methoxy groups -OCH3 is 1. The highest BCUT2D eigenvalue weighted by molar-refractivity contribution is 5.95. The summed E-state index contributed by atoms with van der Waals surface area (Å²) in [5, 5.41) is 11.2. The van der Waals surface area contributed by atoms with Crippen LogP contribution in [0, 0.1) is 11.8 Å². The monoisotopic (exact) mass is 440 g/mol. The van der Waals surface area contributed by atoms with Crippen molar-refractivity contribution in [3.8, 4) is 5.75 Å². The van der Waals surface area contributed by atoms with Gasteiger partial charge in [-0.15, -0.1) is 0 Å². The van der Waals surface area contributed by atoms with Crippen molar-refractivity contribution in [1.82, 2.24) is 9.88 Å². The Labute approximate surface area is 189 Å². The van der Waals surface area contributed by atoms with Gasteiger partial charge in [0.2, 0.25) is 6.29 Å². The van der Waals surface area contributed by atoms with E-state index in [4.69, 9.17) is 19.2 Å². The van der Waals surface area contributed by atoms with Crippen molar-refractivity contribution < 1.29 is 24.1 Å². The minimum absolute atomic E-state index is 0.0757. The number of aromatic nitrogens is 1. The van der Waals surface area contributed by atoms with Gasteiger partial charge in [0.05, 0.1) is 43.3 Å². The van der Waals surface area contributed by atoms with Gasteiger partial charge in [-0.3, -0.25) is 9.78 Å². The molecule has 3 heterocycles. The molecule has 2 aliphatic heterocycles. The van der Waals surface area contributed by atoms with Crippen LogP contribution in [0.2, 0.25) is 0 Å². The first kappa shape index (κ1) is 22.6. The van der Waals surface area contributed by atoms with E-state index in [2.05, 4.69) is 6.92 Å². The normalized spacial score (nSPS) is 22.5. The number of hydrogen-bond acceptors (Lipinski definition) is 6. The van der Waals surface area contributed by atoms with Crippen LogP contribution < -0.4 is 4.74 Å². The molecule has 2 aromatic rings. The van der Waals surface area contributed by atoms with Gasteiger partial charge in [-0.05, 0) is 49.1 Å². The van der Waals surface area contributed by atoms with E-state index in [1.165, 1.54) is 11.8 Å². The Bertz CT molecular complexity index is 1030. The molecule has 0 radical (unpaired) electrons. The maximum Gasteiger partial charge on any atom is 0.253 e. The SMILES string of the molecule is CCOC1OC=C(C(=O)N2Cc3nc4ccc(OC)cc4c(CC)c3C2)C(CO)C1CC. The molecule has 2 aliphatic rings. The average Bonchev–Trinajstić information content (AvgIpc) is 3.25. The van der Waals surface area contributed by atoms with Gasteiger partial charge in [0.15, 0.2) is 0 Å². The van der Waals surface area contributed by atoms with Crippen LogP contribution in [0.3, 0.4) is 0 Å². The van der Waals surface area contributed by atoms with Crippen molar-refractivity contribution in [2.45, 2.75) is 53.0 Å². The van der Waals surface area contributed by atoms with Gasteiger partial charge in [0.25, 0.3) is 5.91 Å². The number of aryl methyl sites for hydroxylation is 1. The second-order valence-electron chi connectivity index (χ2n) is 8.31. The number of rotatable bonds is 7. The predicted molar refractivity (Wildman–Crippen MR) is 121 cm³/mol. The molecule has 7 nitrogen and oxygen atoms in total. The van der Waals surface area contributed by atoms with E-state index in [0.29, 0.717) is 25.3 Å². The maximum absolute atomic E-state index is 13.5. The summed E-state index contributed by atoms with van der Waals surface area (Å²) in [4.78, 5) is 20.2. The number of aliphatic hydroxyl groups excluding tert-OH is 1. The number of aliphatic hydroxyl groups is 1. The molecule has 32 heavy (non-hydrogen) atoms. The molecule has 1 aromatic carbocycles. The molecule has 3 atom stereocenters. The number of benzene rings is 1. The fourth-order valence-corrected chi connectivity index (χ4v) is 5.00. The second-order valence-corrected chi connectivity index (χ2v) is 8.31. The van der Waals surface area contributed by atoms with Crippen LogP contribution in [0.5, 0.6) is 5.75 Å². The first-order valence-corrected chi connectivity index (χ1v) is 11.4. The van der Waals surface area contributed by atoms with Crippen LogP contribution in [-0.4, -0.2) is 47.5 Å². The van der Waals surface area contributed by atoms with Crippen molar-refractivity contribution in [2.75, 3.05) is 20.3 Å². The van der Waals surface area contributed by atoms with Gasteiger partial charge in [0, 0.05) is 30.4 Å². The summed E-state index contributed by atoms with van der Waals surface area (Å²) in [6.45, 7) is 7.40. The van der Waals surface area contributed by atoms with Crippen LogP contribution in [0.4, 0.5) is 0 Å². The van der Waals surface area contributed by atoms with E-state index in [1.807, 2.05) is 32.0 Å². The van der Waals surface area contributed by atoms with Crippen LogP contribution in [0.25, 0.3) is 10.9 Å². The van der Waals surface area contributed by atoms with Crippen LogP contribution in [0.15, 0.2) is 30.0 Å². The van der Waals surface area contributed by atoms with Gasteiger partial charge >= 0.3 is 0 Å². The summed E-state index contributed by atoms with van der Waals surface area (Å²) in [6, 6.07) is 5.90. The molecule has 1 amide bonds. The third-order valence-electron chi connectivity index (χ3n) is 6.67. The molecule has 0 spiro atoms. The van der Waals surface area contributed by atoms with Crippen LogP contribution >= 0.6 is 0 Å². The Morgan fingerprint density at radius 1 is 1.28 bits per heavy atom. The summed E-state index contributed by atoms with van der Waals surface area (Å²) in [5.74, 6) is 0.292. The van der Waals surface area contributed by atoms with Gasteiger partial charge in [-0.1, -0.05) is 13.8 Å². The van der Waals surface area contributed by atoms with Crippen molar-refractivity contribution in [1.29, 1.82) is 0 Å². The zero-order chi connectivity index (χ0) is 22.8. The first-order valence-electron chi connectivity index (χ1n) is 11.4. The average molecular weight is 441 g/mol. The lowest BCUT2D eigenvalue weighted by atomic mass is 9.82. The third kappa shape index (κ3) is 3.84. The van der Waals surface area contributed by atoms with E-state index < -0.39 is 6.29 Å². The molecule has 3 unspecified atom stereocenters. The van der Waals surface area contributed by atoms with E-state index in [-0.39, 0.29) is 24.3 Å². The highest BCUT2D eigenvalue weighted by Gasteiger charge is 2.41. The fraction of sp³-hybridized carbons (Fsp3) is 0.520. The van der Waals surface area contributed by atoms with Crippen LogP contribution in [0.1, 0.15) is 44.0 Å². The highest BCUT2D eigenvalue weighted by atomic mass is 16.7. The maximum atomic E-state index is 13.5. The number of nitrogens with zero attached hydrogens (tertiary/aromatic N) is 2. The summed E-state index contributed by atoms with van der Waals surface area (Å²) in [6.07, 6.45) is 2.64. The summed E-state index contributed by atoms with van der Waals surface area (Å²) in [7, 11) is 1.66. The number of pyridine rings is 1. The Morgan fingerprint density at radius 3 is 2.75 bits per heavy atom. The molecular weight excluding hydrogens is 408 g/mol. The predicted octanol–water partition coefficient (Wildman–Crippen LogP) is 3.56. The Balaban J connectivity index is 1.64. The number of carbonyl (C=O) groups is 1. The summed E-state index contributed by atoms with van der Waals surface area (Å²) in [5.41, 5.74) is 4.67. The minimum Gasteiger partial charge on any atom is -0.497 e. The minimum atomic E-state index is -0.442. The molecule has 172 valence electrons. The molecule has 1 aromatic heterocycles. The van der Waals surface area contributed by atoms with Gasteiger partial charge in [-0.25, -0.2) is 0 Å². The second kappa shape index (κ2) is 9.46. The number of ether oxygens (including phenoxy) is 3. The molecule has 0 fully saturated rings. The molecule has 4 rings (SSSR count). The summed E-state index contributed by atoms with van der Waals surface area (Å²) < 4.78 is 16.9. The third-order valence-corrected chi connectivity index (χ3v) is 6.67. The zero-order valence-corrected chi connectivity index (χ0v) is 19.3. The van der Waals surface area contributed by atoms with Crippen molar-refractivity contribution in [3.05, 3.63) is 46.9 Å². The lowest BCUT2D eigenvalue weighted by Crippen LogP contribution is -2.42. The smallest absolute Gasteiger partial charge is 0.253 e. The van der Waals surface area contributed by atoms with E-state index >= 15 is 0 Å². The van der Waals surface area contributed by atoms with E-state index in [0.717, 1.165) is 40.8 Å². The molecule has 1 N–H and O–H groups in total. The quantitative estimate of drug-likeness (QED) is 0.709. The standard InChI is InChI=1S/C25H32N2O5/c1-5-16-18-10-15(30-4)8-9-22(18)26-23-12-27(11-19(16)23)24(29)21-14-32-25(31-7-3)17(6-2)20(21)13-28/h8-10,14,17,20,25,28H,5-7,11-13H2,1-4H3. The van der Waals surface area contributed by atoms with Crippen molar-refractivity contribution in [3.63, 3.8) is 0 Å².